The van der Waals surface area contributed by atoms with Crippen LogP contribution in [0, 0.1) is 20.8 Å². The lowest BCUT2D eigenvalue weighted by Gasteiger charge is -2.16. The van der Waals surface area contributed by atoms with Crippen molar-refractivity contribution in [2.45, 2.75) is 66.3 Å². The third-order valence-corrected chi connectivity index (χ3v) is 4.60. The Morgan fingerprint density at radius 1 is 1.22 bits per heavy atom. The SMILES string of the molecule is CCCCC(=O)C(C)c1ccnn1Cc1c(C)cc(C)cc1C. The van der Waals surface area contributed by atoms with Gasteiger partial charge in [0.05, 0.1) is 12.5 Å². The van der Waals surface area contributed by atoms with Gasteiger partial charge in [0.15, 0.2) is 0 Å². The second-order valence-electron chi connectivity index (χ2n) is 6.58. The smallest absolute Gasteiger partial charge is 0.141 e. The van der Waals surface area contributed by atoms with Crippen molar-refractivity contribution in [3.05, 3.63) is 52.3 Å². The molecule has 0 aliphatic rings. The van der Waals surface area contributed by atoms with E-state index in [0.717, 1.165) is 25.1 Å². The first-order valence-electron chi connectivity index (χ1n) is 8.55. The van der Waals surface area contributed by atoms with Crippen LogP contribution in [-0.2, 0) is 11.3 Å². The van der Waals surface area contributed by atoms with Crippen molar-refractivity contribution < 1.29 is 4.79 Å². The topological polar surface area (TPSA) is 34.9 Å². The molecule has 0 saturated heterocycles. The van der Waals surface area contributed by atoms with Gasteiger partial charge < -0.3 is 0 Å². The van der Waals surface area contributed by atoms with Crippen molar-refractivity contribution >= 4 is 5.78 Å². The fourth-order valence-electron chi connectivity index (χ4n) is 3.18. The maximum atomic E-state index is 12.3. The number of aryl methyl sites for hydroxylation is 3. The van der Waals surface area contributed by atoms with Gasteiger partial charge in [-0.05, 0) is 56.9 Å². The number of nitrogens with zero attached hydrogens (tertiary/aromatic N) is 2. The summed E-state index contributed by atoms with van der Waals surface area (Å²) in [6, 6.07) is 6.40. The minimum atomic E-state index is -0.0879. The lowest BCUT2D eigenvalue weighted by molar-refractivity contribution is -0.120. The van der Waals surface area contributed by atoms with E-state index in [2.05, 4.69) is 44.9 Å². The third kappa shape index (κ3) is 4.10. The molecule has 3 heteroatoms. The Bertz CT molecular complexity index is 662. The summed E-state index contributed by atoms with van der Waals surface area (Å²) in [6.45, 7) is 11.3. The van der Waals surface area contributed by atoms with E-state index >= 15 is 0 Å². The van der Waals surface area contributed by atoms with Gasteiger partial charge in [-0.15, -0.1) is 0 Å². The molecule has 0 radical (unpaired) electrons. The lowest BCUT2D eigenvalue weighted by atomic mass is 9.97. The molecule has 0 aliphatic carbocycles. The predicted octanol–water partition coefficient (Wildman–Crippen LogP) is 4.72. The van der Waals surface area contributed by atoms with Gasteiger partial charge in [0.25, 0.3) is 0 Å². The summed E-state index contributed by atoms with van der Waals surface area (Å²) >= 11 is 0. The molecule has 0 N–H and O–H groups in total. The second-order valence-corrected chi connectivity index (χ2v) is 6.58. The highest BCUT2D eigenvalue weighted by molar-refractivity contribution is 5.84. The molecule has 3 nitrogen and oxygen atoms in total. The van der Waals surface area contributed by atoms with Crippen LogP contribution in [0.15, 0.2) is 24.4 Å². The first-order chi connectivity index (χ1) is 10.9. The van der Waals surface area contributed by atoms with E-state index in [1.54, 1.807) is 6.20 Å². The first-order valence-corrected chi connectivity index (χ1v) is 8.55. The number of aromatic nitrogens is 2. The van der Waals surface area contributed by atoms with Crippen LogP contribution in [0.2, 0.25) is 0 Å². The largest absolute Gasteiger partial charge is 0.299 e. The van der Waals surface area contributed by atoms with Crippen molar-refractivity contribution in [3.8, 4) is 0 Å². The van der Waals surface area contributed by atoms with Crippen molar-refractivity contribution in [1.29, 1.82) is 0 Å². The molecule has 0 amide bonds. The van der Waals surface area contributed by atoms with Crippen molar-refractivity contribution in [2.75, 3.05) is 0 Å². The number of hydrogen-bond acceptors (Lipinski definition) is 2. The maximum absolute atomic E-state index is 12.3. The van der Waals surface area contributed by atoms with Gasteiger partial charge in [-0.25, -0.2) is 0 Å². The highest BCUT2D eigenvalue weighted by Gasteiger charge is 2.19. The number of rotatable bonds is 7. The number of Topliss-reactive ketones (excluding diaryl/α,β-unsaturated/α-hetero) is 1. The van der Waals surface area contributed by atoms with Crippen LogP contribution < -0.4 is 0 Å². The van der Waals surface area contributed by atoms with Crippen molar-refractivity contribution in [2.24, 2.45) is 0 Å². The molecule has 0 aliphatic heterocycles. The first kappa shape index (κ1) is 17.5. The molecule has 0 spiro atoms. The molecule has 1 atom stereocenters. The molecule has 1 aromatic carbocycles. The molecule has 1 aromatic heterocycles. The molecule has 23 heavy (non-hydrogen) atoms. The van der Waals surface area contributed by atoms with Crippen molar-refractivity contribution in [3.63, 3.8) is 0 Å². The molecule has 2 rings (SSSR count). The number of ketones is 1. The highest BCUT2D eigenvalue weighted by Crippen LogP contribution is 2.22. The molecule has 2 aromatic rings. The Morgan fingerprint density at radius 2 is 1.87 bits per heavy atom. The zero-order chi connectivity index (χ0) is 17.0. The van der Waals surface area contributed by atoms with Crippen LogP contribution in [0.1, 0.15) is 67.0 Å². The molecule has 0 bridgehead atoms. The standard InChI is InChI=1S/C20H28N2O/c1-6-7-8-20(23)17(5)19-9-10-21-22(19)13-18-15(3)11-14(2)12-16(18)4/h9-12,17H,6-8,13H2,1-5H3. The summed E-state index contributed by atoms with van der Waals surface area (Å²) in [5, 5.41) is 4.46. The van der Waals surface area contributed by atoms with Gasteiger partial charge in [-0.2, -0.15) is 5.10 Å². The van der Waals surface area contributed by atoms with Crippen molar-refractivity contribution in [1.82, 2.24) is 9.78 Å². The number of carbonyl (C=O) groups is 1. The molecule has 0 saturated carbocycles. The van der Waals surface area contributed by atoms with Crippen LogP contribution in [0.4, 0.5) is 0 Å². The third-order valence-electron chi connectivity index (χ3n) is 4.60. The van der Waals surface area contributed by atoms with Gasteiger partial charge in [-0.3, -0.25) is 9.48 Å². The Balaban J connectivity index is 2.24. The van der Waals surface area contributed by atoms with Crippen LogP contribution in [0.25, 0.3) is 0 Å². The predicted molar refractivity (Wildman–Crippen MR) is 94.9 cm³/mol. The van der Waals surface area contributed by atoms with E-state index in [9.17, 15) is 4.79 Å². The maximum Gasteiger partial charge on any atom is 0.141 e. The summed E-state index contributed by atoms with van der Waals surface area (Å²) in [4.78, 5) is 12.3. The molecule has 124 valence electrons. The average molecular weight is 312 g/mol. The lowest BCUT2D eigenvalue weighted by Crippen LogP contribution is -2.16. The zero-order valence-corrected chi connectivity index (χ0v) is 15.0. The quantitative estimate of drug-likeness (QED) is 0.741. The molecular weight excluding hydrogens is 284 g/mol. The van der Waals surface area contributed by atoms with Gasteiger partial charge in [0, 0.05) is 18.3 Å². The average Bonchev–Trinajstić information content (AvgIpc) is 2.95. The van der Waals surface area contributed by atoms with Crippen LogP contribution in [0.3, 0.4) is 0 Å². The van der Waals surface area contributed by atoms with E-state index in [1.165, 1.54) is 22.3 Å². The molecule has 0 fully saturated rings. The number of carbonyl (C=O) groups excluding carboxylic acids is 1. The summed E-state index contributed by atoms with van der Waals surface area (Å²) in [5.74, 6) is 0.223. The van der Waals surface area contributed by atoms with Gasteiger partial charge in [0.2, 0.25) is 0 Å². The summed E-state index contributed by atoms with van der Waals surface area (Å²) in [7, 11) is 0. The fourth-order valence-corrected chi connectivity index (χ4v) is 3.18. The molecular formula is C20H28N2O. The number of unbranched alkanes of at least 4 members (excludes halogenated alkanes) is 1. The Kier molecular flexibility index (Phi) is 5.75. The van der Waals surface area contributed by atoms with Crippen LogP contribution in [-0.4, -0.2) is 15.6 Å². The minimum Gasteiger partial charge on any atom is -0.299 e. The Hall–Kier alpha value is -1.90. The fraction of sp³-hybridized carbons (Fsp3) is 0.500. The van der Waals surface area contributed by atoms with Gasteiger partial charge >= 0.3 is 0 Å². The summed E-state index contributed by atoms with van der Waals surface area (Å²) in [6.07, 6.45) is 4.48. The monoisotopic (exact) mass is 312 g/mol. The summed E-state index contributed by atoms with van der Waals surface area (Å²) in [5.41, 5.74) is 6.18. The molecule has 1 heterocycles. The van der Waals surface area contributed by atoms with Crippen LogP contribution >= 0.6 is 0 Å². The zero-order valence-electron chi connectivity index (χ0n) is 15.0. The molecule has 1 unspecified atom stereocenters. The highest BCUT2D eigenvalue weighted by atomic mass is 16.1. The number of benzene rings is 1. The van der Waals surface area contributed by atoms with E-state index < -0.39 is 0 Å². The normalized spacial score (nSPS) is 12.4. The van der Waals surface area contributed by atoms with E-state index in [-0.39, 0.29) is 5.92 Å². The second kappa shape index (κ2) is 7.58. The van der Waals surface area contributed by atoms with Gasteiger partial charge in [0.1, 0.15) is 5.78 Å². The van der Waals surface area contributed by atoms with E-state index in [1.807, 2.05) is 17.7 Å². The minimum absolute atomic E-state index is 0.0879. The van der Waals surface area contributed by atoms with Gasteiger partial charge in [-0.1, -0.05) is 31.0 Å². The van der Waals surface area contributed by atoms with E-state index in [0.29, 0.717) is 12.2 Å². The Morgan fingerprint density at radius 3 is 2.48 bits per heavy atom. The Labute approximate surface area is 139 Å². The summed E-state index contributed by atoms with van der Waals surface area (Å²) < 4.78 is 1.99. The van der Waals surface area contributed by atoms with Crippen LogP contribution in [0.5, 0.6) is 0 Å². The number of hydrogen-bond donors (Lipinski definition) is 0. The van der Waals surface area contributed by atoms with E-state index in [4.69, 9.17) is 0 Å².